The van der Waals surface area contributed by atoms with Crippen LogP contribution in [0, 0.1) is 11.8 Å². The van der Waals surface area contributed by atoms with Gasteiger partial charge >= 0.3 is 0 Å². The molecular weight excluding hydrogens is 310 g/mol. The van der Waals surface area contributed by atoms with Gasteiger partial charge in [0.05, 0.1) is 12.0 Å². The van der Waals surface area contributed by atoms with Crippen molar-refractivity contribution in [3.63, 3.8) is 0 Å². The average Bonchev–Trinajstić information content (AvgIpc) is 3.16. The molecule has 2 aliphatic carbocycles. The second-order valence-electron chi connectivity index (χ2n) is 7.93. The number of aliphatic imine (C=N–C) groups is 1. The lowest BCUT2D eigenvalue weighted by atomic mass is 9.79. The SMILES string of the molecule is N/C(=C1\NC=Nc2[nH]ccc21)C1CCC(CNC2CCCCC2)CC1. The second kappa shape index (κ2) is 7.65. The van der Waals surface area contributed by atoms with E-state index < -0.39 is 0 Å². The molecule has 0 spiro atoms. The molecule has 0 bridgehead atoms. The van der Waals surface area contributed by atoms with Crippen molar-refractivity contribution in [1.82, 2.24) is 15.6 Å². The lowest BCUT2D eigenvalue weighted by Gasteiger charge is -2.32. The number of nitrogens with two attached hydrogens (primary N) is 1. The zero-order valence-corrected chi connectivity index (χ0v) is 15.1. The van der Waals surface area contributed by atoms with Gasteiger partial charge < -0.3 is 21.4 Å². The molecule has 1 aliphatic heterocycles. The van der Waals surface area contributed by atoms with Crippen molar-refractivity contribution in [3.8, 4) is 0 Å². The van der Waals surface area contributed by atoms with E-state index in [-0.39, 0.29) is 0 Å². The number of fused-ring (bicyclic) bond motifs is 1. The normalized spacial score (nSPS) is 29.1. The van der Waals surface area contributed by atoms with Crippen LogP contribution < -0.4 is 16.4 Å². The third kappa shape index (κ3) is 3.76. The Hall–Kier alpha value is -1.75. The molecular formula is C20H31N5. The Morgan fingerprint density at radius 1 is 1.12 bits per heavy atom. The van der Waals surface area contributed by atoms with E-state index in [1.807, 2.05) is 6.20 Å². The van der Waals surface area contributed by atoms with Gasteiger partial charge in [0.25, 0.3) is 0 Å². The van der Waals surface area contributed by atoms with E-state index in [1.165, 1.54) is 64.3 Å². The third-order valence-electron chi connectivity index (χ3n) is 6.27. The zero-order chi connectivity index (χ0) is 17.1. The minimum atomic E-state index is 0.489. The van der Waals surface area contributed by atoms with Crippen molar-refractivity contribution in [3.05, 3.63) is 23.5 Å². The fourth-order valence-electron chi connectivity index (χ4n) is 4.67. The number of aromatic nitrogens is 1. The molecule has 0 unspecified atom stereocenters. The van der Waals surface area contributed by atoms with Crippen LogP contribution >= 0.6 is 0 Å². The highest BCUT2D eigenvalue weighted by atomic mass is 15.0. The van der Waals surface area contributed by atoms with Crippen LogP contribution in [0.4, 0.5) is 5.82 Å². The highest BCUT2D eigenvalue weighted by Gasteiger charge is 2.26. The highest BCUT2D eigenvalue weighted by molar-refractivity contribution is 5.87. The van der Waals surface area contributed by atoms with E-state index in [9.17, 15) is 0 Å². The molecule has 2 saturated carbocycles. The number of aromatic amines is 1. The molecule has 5 nitrogen and oxygen atoms in total. The Kier molecular flexibility index (Phi) is 5.11. The fraction of sp³-hybridized carbons (Fsp3) is 0.650. The summed E-state index contributed by atoms with van der Waals surface area (Å²) in [4.78, 5) is 7.49. The molecule has 3 aliphatic rings. The van der Waals surface area contributed by atoms with Crippen molar-refractivity contribution >= 4 is 17.9 Å². The Bertz CT molecular complexity index is 630. The van der Waals surface area contributed by atoms with E-state index in [4.69, 9.17) is 5.73 Å². The fourth-order valence-corrected chi connectivity index (χ4v) is 4.67. The number of nitrogens with zero attached hydrogens (tertiary/aromatic N) is 1. The molecule has 0 radical (unpaired) electrons. The minimum absolute atomic E-state index is 0.489. The first-order valence-corrected chi connectivity index (χ1v) is 10.0. The average molecular weight is 342 g/mol. The maximum absolute atomic E-state index is 6.56. The molecule has 0 saturated heterocycles. The first-order chi connectivity index (χ1) is 12.3. The first-order valence-electron chi connectivity index (χ1n) is 10.0. The number of hydrogen-bond donors (Lipinski definition) is 4. The molecule has 0 atom stereocenters. The minimum Gasteiger partial charge on any atom is -0.400 e. The predicted molar refractivity (Wildman–Crippen MR) is 104 cm³/mol. The van der Waals surface area contributed by atoms with E-state index in [2.05, 4.69) is 26.7 Å². The molecule has 0 aromatic carbocycles. The molecule has 2 heterocycles. The highest BCUT2D eigenvalue weighted by Crippen LogP contribution is 2.36. The van der Waals surface area contributed by atoms with Gasteiger partial charge in [-0.05, 0) is 57.1 Å². The predicted octanol–water partition coefficient (Wildman–Crippen LogP) is 3.63. The summed E-state index contributed by atoms with van der Waals surface area (Å²) in [7, 11) is 0. The van der Waals surface area contributed by atoms with Gasteiger partial charge in [-0.2, -0.15) is 0 Å². The van der Waals surface area contributed by atoms with E-state index in [0.717, 1.165) is 34.7 Å². The molecule has 1 aromatic rings. The van der Waals surface area contributed by atoms with Crippen LogP contribution in [-0.2, 0) is 0 Å². The molecule has 5 N–H and O–H groups in total. The maximum Gasteiger partial charge on any atom is 0.141 e. The molecule has 25 heavy (non-hydrogen) atoms. The lowest BCUT2D eigenvalue weighted by molar-refractivity contribution is 0.269. The van der Waals surface area contributed by atoms with Crippen LogP contribution in [0.15, 0.2) is 23.0 Å². The van der Waals surface area contributed by atoms with E-state index in [0.29, 0.717) is 5.92 Å². The third-order valence-corrected chi connectivity index (χ3v) is 6.27. The Morgan fingerprint density at radius 3 is 2.72 bits per heavy atom. The second-order valence-corrected chi connectivity index (χ2v) is 7.93. The van der Waals surface area contributed by atoms with Crippen LogP contribution in [0.5, 0.6) is 0 Å². The van der Waals surface area contributed by atoms with Gasteiger partial charge in [0.2, 0.25) is 0 Å². The van der Waals surface area contributed by atoms with E-state index >= 15 is 0 Å². The standard InChI is InChI=1S/C20H31N5/c21-18(19-17-10-11-22-20(17)25-13-24-19)15-8-6-14(7-9-15)12-23-16-4-2-1-3-5-16/h10-11,13-16,22-23H,1-9,12,21H2,(H,24,25)/b19-18-. The van der Waals surface area contributed by atoms with Crippen LogP contribution in [-0.4, -0.2) is 23.9 Å². The quantitative estimate of drug-likeness (QED) is 0.675. The summed E-state index contributed by atoms with van der Waals surface area (Å²) in [6, 6.07) is 2.83. The van der Waals surface area contributed by atoms with Gasteiger partial charge in [-0.15, -0.1) is 0 Å². The van der Waals surface area contributed by atoms with Gasteiger partial charge in [0, 0.05) is 29.4 Å². The molecule has 2 fully saturated rings. The summed E-state index contributed by atoms with van der Waals surface area (Å²) in [5.41, 5.74) is 9.71. The van der Waals surface area contributed by atoms with Gasteiger partial charge in [-0.3, -0.25) is 0 Å². The van der Waals surface area contributed by atoms with Crippen molar-refractivity contribution in [2.45, 2.75) is 63.8 Å². The number of allylic oxidation sites excluding steroid dienone is 1. The number of H-pyrrole nitrogens is 1. The topological polar surface area (TPSA) is 78.2 Å². The van der Waals surface area contributed by atoms with Crippen LogP contribution in [0.1, 0.15) is 63.4 Å². The Balaban J connectivity index is 1.31. The van der Waals surface area contributed by atoms with Crippen molar-refractivity contribution < 1.29 is 0 Å². The van der Waals surface area contributed by atoms with Gasteiger partial charge in [-0.1, -0.05) is 19.3 Å². The van der Waals surface area contributed by atoms with Gasteiger partial charge in [0.15, 0.2) is 0 Å². The first kappa shape index (κ1) is 16.7. The summed E-state index contributed by atoms with van der Waals surface area (Å²) >= 11 is 0. The van der Waals surface area contributed by atoms with Gasteiger partial charge in [0.1, 0.15) is 5.82 Å². The smallest absolute Gasteiger partial charge is 0.141 e. The lowest BCUT2D eigenvalue weighted by Crippen LogP contribution is -2.36. The van der Waals surface area contributed by atoms with Crippen molar-refractivity contribution in [2.24, 2.45) is 22.6 Å². The molecule has 5 heteroatoms. The number of rotatable bonds is 4. The molecule has 1 aromatic heterocycles. The van der Waals surface area contributed by atoms with Crippen LogP contribution in [0.3, 0.4) is 0 Å². The van der Waals surface area contributed by atoms with Crippen LogP contribution in [0.25, 0.3) is 5.70 Å². The van der Waals surface area contributed by atoms with Crippen molar-refractivity contribution in [1.29, 1.82) is 0 Å². The number of hydrogen-bond acceptors (Lipinski definition) is 4. The van der Waals surface area contributed by atoms with E-state index in [1.54, 1.807) is 6.34 Å². The summed E-state index contributed by atoms with van der Waals surface area (Å²) in [6.07, 6.45) is 15.6. The summed E-state index contributed by atoms with van der Waals surface area (Å²) < 4.78 is 0. The maximum atomic E-state index is 6.56. The molecule has 0 amide bonds. The Labute approximate surface area is 150 Å². The summed E-state index contributed by atoms with van der Waals surface area (Å²) in [5, 5.41) is 7.10. The summed E-state index contributed by atoms with van der Waals surface area (Å²) in [5.74, 6) is 2.21. The number of nitrogens with one attached hydrogen (secondary N) is 3. The largest absolute Gasteiger partial charge is 0.400 e. The monoisotopic (exact) mass is 341 g/mol. The summed E-state index contributed by atoms with van der Waals surface area (Å²) in [6.45, 7) is 1.20. The van der Waals surface area contributed by atoms with Gasteiger partial charge in [-0.25, -0.2) is 4.99 Å². The Morgan fingerprint density at radius 2 is 1.92 bits per heavy atom. The molecule has 4 rings (SSSR count). The molecule has 136 valence electrons. The van der Waals surface area contributed by atoms with Crippen LogP contribution in [0.2, 0.25) is 0 Å². The zero-order valence-electron chi connectivity index (χ0n) is 15.1. The van der Waals surface area contributed by atoms with Crippen molar-refractivity contribution in [2.75, 3.05) is 6.54 Å².